The topological polar surface area (TPSA) is 64.1 Å². The van der Waals surface area contributed by atoms with E-state index in [0.29, 0.717) is 13.2 Å². The lowest BCUT2D eigenvalue weighted by atomic mass is 9.84. The number of rotatable bonds is 8. The summed E-state index contributed by atoms with van der Waals surface area (Å²) in [5.41, 5.74) is 3.46. The number of aryl methyl sites for hydroxylation is 1. The Morgan fingerprint density at radius 1 is 1.16 bits per heavy atom. The van der Waals surface area contributed by atoms with Crippen molar-refractivity contribution >= 4 is 29.9 Å². The summed E-state index contributed by atoms with van der Waals surface area (Å²) in [6.07, 6.45) is 1.06. The molecule has 0 spiro atoms. The van der Waals surface area contributed by atoms with Gasteiger partial charge >= 0.3 is 0 Å². The first-order chi connectivity index (χ1) is 14.9. The summed E-state index contributed by atoms with van der Waals surface area (Å²) in [5, 5.41) is 6.88. The molecule has 0 aliphatic carbocycles. The Bertz CT molecular complexity index is 879. The number of nitrogens with zero attached hydrogens (tertiary/aromatic N) is 1. The number of hydrogen-bond donors (Lipinski definition) is 2. The molecule has 6 nitrogen and oxygen atoms in total. The molecule has 2 aromatic rings. The number of benzene rings is 2. The Labute approximate surface area is 209 Å². The summed E-state index contributed by atoms with van der Waals surface area (Å²) in [6, 6.07) is 14.5. The minimum absolute atomic E-state index is 0. The zero-order valence-corrected chi connectivity index (χ0v) is 22.1. The smallest absolute Gasteiger partial charge is 0.191 e. The maximum absolute atomic E-state index is 6.21. The molecule has 176 valence electrons. The van der Waals surface area contributed by atoms with E-state index < -0.39 is 0 Å². The van der Waals surface area contributed by atoms with Crippen LogP contribution < -0.4 is 20.1 Å². The van der Waals surface area contributed by atoms with Crippen molar-refractivity contribution in [3.8, 4) is 11.5 Å². The second-order valence-electron chi connectivity index (χ2n) is 8.61. The molecule has 1 aliphatic heterocycles. The van der Waals surface area contributed by atoms with Gasteiger partial charge in [0.1, 0.15) is 17.6 Å². The molecule has 32 heavy (non-hydrogen) atoms. The van der Waals surface area contributed by atoms with E-state index in [9.17, 15) is 0 Å². The third kappa shape index (κ3) is 7.27. The van der Waals surface area contributed by atoms with Gasteiger partial charge < -0.3 is 24.8 Å². The predicted octanol–water partition coefficient (Wildman–Crippen LogP) is 4.43. The SMILES string of the molecule is CN=C(NCc1ccc(C)cc1OC1CCOC1)NCC(C)(C)c1ccc(OC)cc1.I. The summed E-state index contributed by atoms with van der Waals surface area (Å²) in [7, 11) is 3.47. The lowest BCUT2D eigenvalue weighted by Gasteiger charge is -2.27. The van der Waals surface area contributed by atoms with Gasteiger partial charge in [0, 0.05) is 37.5 Å². The molecule has 1 aliphatic rings. The van der Waals surface area contributed by atoms with E-state index in [1.807, 2.05) is 12.1 Å². The summed E-state index contributed by atoms with van der Waals surface area (Å²) in [4.78, 5) is 4.39. The zero-order chi connectivity index (χ0) is 22.3. The van der Waals surface area contributed by atoms with Crippen LogP contribution in [-0.2, 0) is 16.7 Å². The van der Waals surface area contributed by atoms with Gasteiger partial charge in [0.15, 0.2) is 5.96 Å². The molecule has 0 amide bonds. The summed E-state index contributed by atoms with van der Waals surface area (Å²) < 4.78 is 16.9. The largest absolute Gasteiger partial charge is 0.497 e. The Balaban J connectivity index is 0.00000363. The van der Waals surface area contributed by atoms with Crippen LogP contribution in [0.25, 0.3) is 0 Å². The van der Waals surface area contributed by atoms with E-state index in [2.05, 4.69) is 66.7 Å². The molecule has 1 heterocycles. The minimum Gasteiger partial charge on any atom is -0.497 e. The lowest BCUT2D eigenvalue weighted by molar-refractivity contribution is 0.140. The number of aliphatic imine (C=N–C) groups is 1. The number of halogens is 1. The number of hydrogen-bond acceptors (Lipinski definition) is 4. The van der Waals surface area contributed by atoms with Crippen molar-refractivity contribution in [2.24, 2.45) is 4.99 Å². The molecular weight excluding hydrogens is 517 g/mol. The van der Waals surface area contributed by atoms with Gasteiger partial charge in [-0.1, -0.05) is 38.1 Å². The fourth-order valence-electron chi connectivity index (χ4n) is 3.55. The van der Waals surface area contributed by atoms with Crippen molar-refractivity contribution < 1.29 is 14.2 Å². The van der Waals surface area contributed by atoms with Crippen LogP contribution in [-0.4, -0.2) is 46.0 Å². The van der Waals surface area contributed by atoms with Gasteiger partial charge in [-0.15, -0.1) is 24.0 Å². The molecule has 2 N–H and O–H groups in total. The fourth-order valence-corrected chi connectivity index (χ4v) is 3.55. The third-order valence-corrected chi connectivity index (χ3v) is 5.64. The zero-order valence-electron chi connectivity index (χ0n) is 19.7. The summed E-state index contributed by atoms with van der Waals surface area (Å²) >= 11 is 0. The van der Waals surface area contributed by atoms with Crippen molar-refractivity contribution in [2.75, 3.05) is 33.9 Å². The molecule has 2 aromatic carbocycles. The van der Waals surface area contributed by atoms with Crippen molar-refractivity contribution in [3.05, 3.63) is 59.2 Å². The molecule has 3 rings (SSSR count). The molecule has 1 fully saturated rings. The van der Waals surface area contributed by atoms with Crippen LogP contribution in [0.1, 0.15) is 37.0 Å². The van der Waals surface area contributed by atoms with Crippen LogP contribution in [0.4, 0.5) is 0 Å². The van der Waals surface area contributed by atoms with Crippen LogP contribution in [0.3, 0.4) is 0 Å². The Morgan fingerprint density at radius 3 is 2.53 bits per heavy atom. The monoisotopic (exact) mass is 553 g/mol. The molecule has 0 bridgehead atoms. The highest BCUT2D eigenvalue weighted by atomic mass is 127. The number of guanidine groups is 1. The highest BCUT2D eigenvalue weighted by Gasteiger charge is 2.22. The molecule has 0 aromatic heterocycles. The fraction of sp³-hybridized carbons (Fsp3) is 0.480. The van der Waals surface area contributed by atoms with E-state index in [1.165, 1.54) is 11.1 Å². The molecule has 7 heteroatoms. The van der Waals surface area contributed by atoms with Gasteiger partial charge in [-0.05, 0) is 36.2 Å². The van der Waals surface area contributed by atoms with Crippen LogP contribution in [0.5, 0.6) is 11.5 Å². The highest BCUT2D eigenvalue weighted by molar-refractivity contribution is 14.0. The van der Waals surface area contributed by atoms with Gasteiger partial charge in [0.25, 0.3) is 0 Å². The van der Waals surface area contributed by atoms with Gasteiger partial charge in [0.2, 0.25) is 0 Å². The van der Waals surface area contributed by atoms with Crippen molar-refractivity contribution in [1.29, 1.82) is 0 Å². The van der Waals surface area contributed by atoms with Gasteiger partial charge in [-0.3, -0.25) is 4.99 Å². The van der Waals surface area contributed by atoms with Crippen molar-refractivity contribution in [1.82, 2.24) is 10.6 Å². The molecule has 0 saturated carbocycles. The first kappa shape index (κ1) is 26.3. The van der Waals surface area contributed by atoms with Gasteiger partial charge in [-0.25, -0.2) is 0 Å². The molecule has 0 radical (unpaired) electrons. The predicted molar refractivity (Wildman–Crippen MR) is 141 cm³/mol. The number of methoxy groups -OCH3 is 1. The highest BCUT2D eigenvalue weighted by Crippen LogP contribution is 2.25. The van der Waals surface area contributed by atoms with Crippen LogP contribution >= 0.6 is 24.0 Å². The second-order valence-corrected chi connectivity index (χ2v) is 8.61. The first-order valence-electron chi connectivity index (χ1n) is 10.8. The standard InChI is InChI=1S/C25H35N3O3.HI/c1-18-6-7-19(23(14-18)31-22-12-13-30-16-22)15-27-24(26-4)28-17-25(2,3)20-8-10-21(29-5)11-9-20;/h6-11,14,22H,12-13,15-17H2,1-5H3,(H2,26,27,28);1H. The molecule has 1 atom stereocenters. The Hall–Kier alpha value is -2.00. The summed E-state index contributed by atoms with van der Waals surface area (Å²) in [6.45, 7) is 9.31. The maximum atomic E-state index is 6.21. The summed E-state index contributed by atoms with van der Waals surface area (Å²) in [5.74, 6) is 2.54. The average Bonchev–Trinajstić information content (AvgIpc) is 3.28. The Kier molecular flexibility index (Phi) is 10.1. The number of nitrogens with one attached hydrogen (secondary N) is 2. The van der Waals surface area contributed by atoms with E-state index in [0.717, 1.165) is 42.6 Å². The van der Waals surface area contributed by atoms with Crippen LogP contribution in [0, 0.1) is 6.92 Å². The maximum Gasteiger partial charge on any atom is 0.191 e. The van der Waals surface area contributed by atoms with E-state index in [1.54, 1.807) is 14.2 Å². The number of ether oxygens (including phenoxy) is 3. The average molecular weight is 553 g/mol. The third-order valence-electron chi connectivity index (χ3n) is 5.64. The van der Waals surface area contributed by atoms with Gasteiger partial charge in [0.05, 0.1) is 20.3 Å². The quantitative estimate of drug-likeness (QED) is 0.288. The van der Waals surface area contributed by atoms with Crippen molar-refractivity contribution in [2.45, 2.75) is 45.3 Å². The molecular formula is C25H36IN3O3. The van der Waals surface area contributed by atoms with E-state index >= 15 is 0 Å². The Morgan fingerprint density at radius 2 is 1.91 bits per heavy atom. The van der Waals surface area contributed by atoms with Crippen LogP contribution in [0.2, 0.25) is 0 Å². The molecule has 1 unspecified atom stereocenters. The molecule has 1 saturated heterocycles. The van der Waals surface area contributed by atoms with Gasteiger partial charge in [-0.2, -0.15) is 0 Å². The first-order valence-corrected chi connectivity index (χ1v) is 10.8. The van der Waals surface area contributed by atoms with Crippen molar-refractivity contribution in [3.63, 3.8) is 0 Å². The second kappa shape index (κ2) is 12.3. The van der Waals surface area contributed by atoms with E-state index in [4.69, 9.17) is 14.2 Å². The normalized spacial score (nSPS) is 16.3. The van der Waals surface area contributed by atoms with E-state index in [-0.39, 0.29) is 35.5 Å². The lowest BCUT2D eigenvalue weighted by Crippen LogP contribution is -2.43. The minimum atomic E-state index is -0.0650. The van der Waals surface area contributed by atoms with Crippen LogP contribution in [0.15, 0.2) is 47.5 Å².